The van der Waals surface area contributed by atoms with Crippen molar-refractivity contribution < 1.29 is 38.8 Å². The normalized spacial score (nSPS) is 28.7. The molecule has 182 valence electrons. The average molecular weight is 520 g/mol. The molecule has 1 fully saturated rings. The molecule has 0 unspecified atom stereocenters. The summed E-state index contributed by atoms with van der Waals surface area (Å²) in [5.41, 5.74) is -0.908. The minimum atomic E-state index is -1.81. The molecule has 10 heteroatoms. The zero-order valence-electron chi connectivity index (χ0n) is 19.3. The number of aliphatic hydroxyl groups excluding tert-OH is 1. The molecule has 2 heterocycles. The third kappa shape index (κ3) is 5.59. The Labute approximate surface area is 197 Å². The zero-order chi connectivity index (χ0) is 24.3. The van der Waals surface area contributed by atoms with Crippen molar-refractivity contribution in [3.63, 3.8) is 0 Å². The van der Waals surface area contributed by atoms with E-state index in [0.717, 1.165) is 17.7 Å². The van der Waals surface area contributed by atoms with E-state index in [0.29, 0.717) is 12.8 Å². The summed E-state index contributed by atoms with van der Waals surface area (Å²) in [5, 5.41) is 19.9. The summed E-state index contributed by atoms with van der Waals surface area (Å²) in [7, 11) is 1.25. The molecule has 1 saturated heterocycles. The predicted molar refractivity (Wildman–Crippen MR) is 119 cm³/mol. The van der Waals surface area contributed by atoms with E-state index in [1.165, 1.54) is 13.2 Å². The molecule has 0 radical (unpaired) electrons. The van der Waals surface area contributed by atoms with Gasteiger partial charge in [0.2, 0.25) is 0 Å². The number of cyclic esters (lactones) is 1. The van der Waals surface area contributed by atoms with Gasteiger partial charge in [-0.15, -0.1) is 0 Å². The van der Waals surface area contributed by atoms with Gasteiger partial charge in [0.25, 0.3) is 5.91 Å². The van der Waals surface area contributed by atoms with Gasteiger partial charge < -0.3 is 24.4 Å². The van der Waals surface area contributed by atoms with Crippen molar-refractivity contribution >= 4 is 33.7 Å². The van der Waals surface area contributed by atoms with Gasteiger partial charge >= 0.3 is 6.09 Å². The van der Waals surface area contributed by atoms with Gasteiger partial charge in [0.1, 0.15) is 5.60 Å². The van der Waals surface area contributed by atoms with Crippen LogP contribution in [0.15, 0.2) is 10.6 Å². The summed E-state index contributed by atoms with van der Waals surface area (Å²) in [6.07, 6.45) is 0.472. The minimum absolute atomic E-state index is 0.103. The van der Waals surface area contributed by atoms with E-state index in [1.54, 1.807) is 13.8 Å². The predicted octanol–water partition coefficient (Wildman–Crippen LogP) is 2.66. The molecular formula is C22H34BrNO8. The summed E-state index contributed by atoms with van der Waals surface area (Å²) in [5.74, 6) is -3.23. The maximum atomic E-state index is 13.4. The van der Waals surface area contributed by atoms with Crippen molar-refractivity contribution in [3.05, 3.63) is 10.6 Å². The van der Waals surface area contributed by atoms with Crippen molar-refractivity contribution in [3.8, 4) is 0 Å². The number of ketones is 1. The lowest BCUT2D eigenvalue weighted by molar-refractivity contribution is -0.227. The van der Waals surface area contributed by atoms with Gasteiger partial charge in [-0.05, 0) is 54.6 Å². The SMILES string of the molecule is CO[C@@H](C(=O)N1C(=O)OC(C)(C)[C@H]1C(C)C)[C@@H]1O[C@@](O)(CCCCCCO)C(Br)=CC1=O. The summed E-state index contributed by atoms with van der Waals surface area (Å²) in [6.45, 7) is 7.29. The molecule has 2 amide bonds. The molecule has 2 rings (SSSR count). The van der Waals surface area contributed by atoms with Crippen LogP contribution in [0.5, 0.6) is 0 Å². The van der Waals surface area contributed by atoms with E-state index in [1.807, 2.05) is 13.8 Å². The lowest BCUT2D eigenvalue weighted by Gasteiger charge is -2.38. The monoisotopic (exact) mass is 519 g/mol. The van der Waals surface area contributed by atoms with Crippen LogP contribution in [-0.4, -0.2) is 76.3 Å². The molecule has 32 heavy (non-hydrogen) atoms. The lowest BCUT2D eigenvalue weighted by Crippen LogP contribution is -2.58. The molecule has 0 aromatic heterocycles. The molecule has 0 aliphatic carbocycles. The Kier molecular flexibility index (Phi) is 9.03. The molecule has 0 aromatic carbocycles. The van der Waals surface area contributed by atoms with Gasteiger partial charge in [-0.25, -0.2) is 9.69 Å². The molecule has 2 aliphatic heterocycles. The number of imide groups is 1. The highest BCUT2D eigenvalue weighted by molar-refractivity contribution is 9.11. The fraction of sp³-hybridized carbons (Fsp3) is 0.773. The van der Waals surface area contributed by atoms with E-state index < -0.39 is 47.4 Å². The Morgan fingerprint density at radius 1 is 1.25 bits per heavy atom. The quantitative estimate of drug-likeness (QED) is 0.422. The van der Waals surface area contributed by atoms with E-state index in [4.69, 9.17) is 19.3 Å². The summed E-state index contributed by atoms with van der Waals surface area (Å²) >= 11 is 3.20. The Hall–Kier alpha value is -1.33. The molecule has 0 bridgehead atoms. The second-order valence-corrected chi connectivity index (χ2v) is 9.98. The minimum Gasteiger partial charge on any atom is -0.441 e. The Balaban J connectivity index is 2.24. The molecule has 9 nitrogen and oxygen atoms in total. The van der Waals surface area contributed by atoms with Crippen molar-refractivity contribution in [2.45, 2.75) is 89.4 Å². The fourth-order valence-electron chi connectivity index (χ4n) is 4.44. The van der Waals surface area contributed by atoms with Crippen LogP contribution in [0.2, 0.25) is 0 Å². The first-order chi connectivity index (χ1) is 14.9. The number of aliphatic hydroxyl groups is 2. The number of carbonyl (C=O) groups excluding carboxylic acids is 3. The Morgan fingerprint density at radius 3 is 2.44 bits per heavy atom. The van der Waals surface area contributed by atoms with Crippen LogP contribution >= 0.6 is 15.9 Å². The number of halogens is 1. The van der Waals surface area contributed by atoms with Gasteiger partial charge in [-0.3, -0.25) is 9.59 Å². The number of rotatable bonds is 10. The van der Waals surface area contributed by atoms with Crippen LogP contribution in [0, 0.1) is 5.92 Å². The summed E-state index contributed by atoms with van der Waals surface area (Å²) in [4.78, 5) is 39.7. The highest BCUT2D eigenvalue weighted by atomic mass is 79.9. The molecule has 0 aromatic rings. The molecule has 2 aliphatic rings. The van der Waals surface area contributed by atoms with Gasteiger partial charge in [0.15, 0.2) is 23.8 Å². The van der Waals surface area contributed by atoms with Crippen LogP contribution in [0.4, 0.5) is 4.79 Å². The van der Waals surface area contributed by atoms with Crippen LogP contribution in [-0.2, 0) is 23.8 Å². The first-order valence-corrected chi connectivity index (χ1v) is 11.7. The number of nitrogens with zero attached hydrogens (tertiary/aromatic N) is 1. The van der Waals surface area contributed by atoms with E-state index in [9.17, 15) is 19.5 Å². The third-order valence-corrected chi connectivity index (χ3v) is 6.70. The first-order valence-electron chi connectivity index (χ1n) is 10.9. The highest BCUT2D eigenvalue weighted by Gasteiger charge is 2.55. The maximum absolute atomic E-state index is 13.4. The first kappa shape index (κ1) is 26.9. The molecule has 2 N–H and O–H groups in total. The fourth-order valence-corrected chi connectivity index (χ4v) is 4.96. The van der Waals surface area contributed by atoms with Crippen molar-refractivity contribution in [2.75, 3.05) is 13.7 Å². The molecular weight excluding hydrogens is 486 g/mol. The van der Waals surface area contributed by atoms with E-state index in [2.05, 4.69) is 15.9 Å². The number of unbranched alkanes of at least 4 members (excludes halogenated alkanes) is 3. The number of carbonyl (C=O) groups is 3. The highest BCUT2D eigenvalue weighted by Crippen LogP contribution is 2.38. The lowest BCUT2D eigenvalue weighted by atomic mass is 9.88. The topological polar surface area (TPSA) is 123 Å². The van der Waals surface area contributed by atoms with Crippen molar-refractivity contribution in [2.24, 2.45) is 5.92 Å². The smallest absolute Gasteiger partial charge is 0.417 e. The summed E-state index contributed by atoms with van der Waals surface area (Å²) < 4.78 is 16.6. The Bertz CT molecular complexity index is 752. The second-order valence-electron chi connectivity index (χ2n) is 9.13. The van der Waals surface area contributed by atoms with E-state index in [-0.39, 0.29) is 23.4 Å². The molecule has 4 atom stereocenters. The van der Waals surface area contributed by atoms with Gasteiger partial charge in [-0.2, -0.15) is 0 Å². The largest absolute Gasteiger partial charge is 0.441 e. The summed E-state index contributed by atoms with van der Waals surface area (Å²) in [6, 6.07) is -0.563. The standard InChI is InChI=1S/C22H34BrNO8/c1-13(2)18-21(3,4)32-20(28)24(18)19(27)17(30-5)16-14(26)12-15(23)22(29,31-16)10-8-6-7-9-11-25/h12-13,16-18,25,29H,6-11H2,1-5H3/t16-,17-,18-,22+/m1/s1. The second kappa shape index (κ2) is 10.7. The average Bonchev–Trinajstić information content (AvgIpc) is 2.94. The van der Waals surface area contributed by atoms with Crippen LogP contribution in [0.1, 0.15) is 59.8 Å². The van der Waals surface area contributed by atoms with Crippen molar-refractivity contribution in [1.82, 2.24) is 4.90 Å². The number of hydrogen-bond donors (Lipinski definition) is 2. The zero-order valence-corrected chi connectivity index (χ0v) is 20.9. The van der Waals surface area contributed by atoms with Gasteiger partial charge in [0.05, 0.1) is 10.5 Å². The molecule has 0 spiro atoms. The number of hydrogen-bond acceptors (Lipinski definition) is 8. The number of ether oxygens (including phenoxy) is 3. The maximum Gasteiger partial charge on any atom is 0.417 e. The molecule has 0 saturated carbocycles. The van der Waals surface area contributed by atoms with Gasteiger partial charge in [-0.1, -0.05) is 26.7 Å². The third-order valence-electron chi connectivity index (χ3n) is 5.85. The van der Waals surface area contributed by atoms with E-state index >= 15 is 0 Å². The Morgan fingerprint density at radius 2 is 1.88 bits per heavy atom. The van der Waals surface area contributed by atoms with Crippen LogP contribution < -0.4 is 0 Å². The van der Waals surface area contributed by atoms with Gasteiger partial charge in [0, 0.05) is 20.1 Å². The van der Waals surface area contributed by atoms with Crippen molar-refractivity contribution in [1.29, 1.82) is 0 Å². The number of amides is 2. The number of methoxy groups -OCH3 is 1. The van der Waals surface area contributed by atoms with Crippen LogP contribution in [0.3, 0.4) is 0 Å². The van der Waals surface area contributed by atoms with Crippen LogP contribution in [0.25, 0.3) is 0 Å².